The number of halogens is 1. The summed E-state index contributed by atoms with van der Waals surface area (Å²) in [5.74, 6) is 0.0958. The summed E-state index contributed by atoms with van der Waals surface area (Å²) in [5.41, 5.74) is 0.741. The Labute approximate surface area is 159 Å². The second kappa shape index (κ2) is 6.75. The number of benzene rings is 1. The molecular weight excluding hydrogens is 348 g/mol. The SMILES string of the molecule is Cn1cc(Cl)cc1C(=O)N1CC[C@@](O)(c2ccccc2)[C@H]2CCCC[C@H]21. The van der Waals surface area contributed by atoms with Gasteiger partial charge in [0, 0.05) is 31.7 Å². The molecule has 5 heteroatoms. The molecule has 2 fully saturated rings. The van der Waals surface area contributed by atoms with E-state index in [1.165, 1.54) is 0 Å². The summed E-state index contributed by atoms with van der Waals surface area (Å²) in [6.07, 6.45) is 6.44. The number of piperidine rings is 1. The molecule has 138 valence electrons. The fourth-order valence-corrected chi connectivity index (χ4v) is 5.15. The number of aryl methyl sites for hydroxylation is 1. The van der Waals surface area contributed by atoms with Crippen molar-refractivity contribution in [3.63, 3.8) is 0 Å². The third kappa shape index (κ3) is 2.85. The Bertz CT molecular complexity index is 804. The molecule has 1 amide bonds. The van der Waals surface area contributed by atoms with Gasteiger partial charge < -0.3 is 14.6 Å². The van der Waals surface area contributed by atoms with Gasteiger partial charge in [-0.2, -0.15) is 0 Å². The van der Waals surface area contributed by atoms with E-state index >= 15 is 0 Å². The molecule has 1 saturated heterocycles. The van der Waals surface area contributed by atoms with Crippen LogP contribution in [-0.4, -0.2) is 33.1 Å². The van der Waals surface area contributed by atoms with Crippen molar-refractivity contribution in [2.75, 3.05) is 6.54 Å². The third-order valence-electron chi connectivity index (χ3n) is 6.20. The topological polar surface area (TPSA) is 45.5 Å². The lowest BCUT2D eigenvalue weighted by molar-refractivity contribution is -0.110. The van der Waals surface area contributed by atoms with E-state index < -0.39 is 5.60 Å². The van der Waals surface area contributed by atoms with Gasteiger partial charge in [-0.1, -0.05) is 54.8 Å². The van der Waals surface area contributed by atoms with Crippen LogP contribution < -0.4 is 0 Å². The molecule has 4 rings (SSSR count). The van der Waals surface area contributed by atoms with E-state index in [9.17, 15) is 9.90 Å². The van der Waals surface area contributed by atoms with E-state index in [4.69, 9.17) is 11.6 Å². The van der Waals surface area contributed by atoms with Gasteiger partial charge in [0.15, 0.2) is 0 Å². The highest BCUT2D eigenvalue weighted by Gasteiger charge is 2.50. The van der Waals surface area contributed by atoms with Crippen LogP contribution in [0.5, 0.6) is 0 Å². The highest BCUT2D eigenvalue weighted by atomic mass is 35.5. The summed E-state index contributed by atoms with van der Waals surface area (Å²) in [6.45, 7) is 0.564. The zero-order valence-electron chi connectivity index (χ0n) is 15.1. The van der Waals surface area contributed by atoms with Gasteiger partial charge in [0.1, 0.15) is 5.69 Å². The van der Waals surface area contributed by atoms with E-state index in [1.807, 2.05) is 42.3 Å². The van der Waals surface area contributed by atoms with E-state index in [-0.39, 0.29) is 17.9 Å². The minimum atomic E-state index is -0.852. The predicted molar refractivity (Wildman–Crippen MR) is 102 cm³/mol. The van der Waals surface area contributed by atoms with Crippen LogP contribution in [0, 0.1) is 5.92 Å². The molecule has 1 aliphatic heterocycles. The van der Waals surface area contributed by atoms with Crippen molar-refractivity contribution in [3.05, 3.63) is 58.9 Å². The van der Waals surface area contributed by atoms with Gasteiger partial charge in [-0.15, -0.1) is 0 Å². The average molecular weight is 373 g/mol. The van der Waals surface area contributed by atoms with Crippen molar-refractivity contribution < 1.29 is 9.90 Å². The molecule has 26 heavy (non-hydrogen) atoms. The number of hydrogen-bond acceptors (Lipinski definition) is 2. The van der Waals surface area contributed by atoms with Crippen molar-refractivity contribution in [3.8, 4) is 0 Å². The summed E-state index contributed by atoms with van der Waals surface area (Å²) >= 11 is 6.08. The molecule has 0 unspecified atom stereocenters. The van der Waals surface area contributed by atoms with E-state index in [2.05, 4.69) is 0 Å². The lowest BCUT2D eigenvalue weighted by Gasteiger charge is -2.52. The molecule has 1 aliphatic carbocycles. The van der Waals surface area contributed by atoms with Gasteiger partial charge in [-0.05, 0) is 30.9 Å². The summed E-state index contributed by atoms with van der Waals surface area (Å²) in [4.78, 5) is 15.2. The van der Waals surface area contributed by atoms with Gasteiger partial charge in [-0.3, -0.25) is 4.79 Å². The molecule has 4 nitrogen and oxygen atoms in total. The maximum atomic E-state index is 13.2. The lowest BCUT2D eigenvalue weighted by Crippen LogP contribution is -2.59. The van der Waals surface area contributed by atoms with Crippen molar-refractivity contribution in [2.24, 2.45) is 13.0 Å². The van der Waals surface area contributed by atoms with Crippen LogP contribution >= 0.6 is 11.6 Å². The number of aromatic nitrogens is 1. The summed E-state index contributed by atoms with van der Waals surface area (Å²) in [5, 5.41) is 12.2. The standard InChI is InChI=1S/C21H25ClN2O2/c1-23-14-16(22)13-19(23)20(25)24-12-11-21(26,15-7-3-2-4-8-15)17-9-5-6-10-18(17)24/h2-4,7-8,13-14,17-18,26H,5-6,9-12H2,1H3/t17-,18+,21+/m0/s1. The average Bonchev–Trinajstić information content (AvgIpc) is 3.01. The van der Waals surface area contributed by atoms with Crippen LogP contribution in [0.2, 0.25) is 5.02 Å². The molecule has 1 saturated carbocycles. The number of likely N-dealkylation sites (tertiary alicyclic amines) is 1. The van der Waals surface area contributed by atoms with Gasteiger partial charge in [0.05, 0.1) is 10.6 Å². The molecular formula is C21H25ClN2O2. The summed E-state index contributed by atoms with van der Waals surface area (Å²) in [7, 11) is 1.85. The van der Waals surface area contributed by atoms with Gasteiger partial charge in [-0.25, -0.2) is 0 Å². The number of carbonyl (C=O) groups is 1. The van der Waals surface area contributed by atoms with Crippen LogP contribution in [0.25, 0.3) is 0 Å². The Morgan fingerprint density at radius 2 is 1.96 bits per heavy atom. The zero-order valence-corrected chi connectivity index (χ0v) is 15.8. The number of aliphatic hydroxyl groups is 1. The normalized spacial score (nSPS) is 28.7. The second-order valence-corrected chi connectivity index (χ2v) is 8.09. The quantitative estimate of drug-likeness (QED) is 0.866. The maximum absolute atomic E-state index is 13.2. The largest absolute Gasteiger partial charge is 0.385 e. The molecule has 1 N–H and O–H groups in total. The number of hydrogen-bond donors (Lipinski definition) is 1. The highest BCUT2D eigenvalue weighted by Crippen LogP contribution is 2.47. The Balaban J connectivity index is 1.67. The highest BCUT2D eigenvalue weighted by molar-refractivity contribution is 6.31. The van der Waals surface area contributed by atoms with Crippen molar-refractivity contribution in [2.45, 2.75) is 43.7 Å². The van der Waals surface area contributed by atoms with Crippen molar-refractivity contribution in [1.82, 2.24) is 9.47 Å². The number of nitrogens with zero attached hydrogens (tertiary/aromatic N) is 2. The molecule has 0 radical (unpaired) electrons. The van der Waals surface area contributed by atoms with Crippen LogP contribution in [-0.2, 0) is 12.6 Å². The zero-order chi connectivity index (χ0) is 18.3. The first kappa shape index (κ1) is 17.6. The molecule has 3 atom stereocenters. The number of fused-ring (bicyclic) bond motifs is 1. The third-order valence-corrected chi connectivity index (χ3v) is 6.41. The number of rotatable bonds is 2. The van der Waals surface area contributed by atoms with Gasteiger partial charge in [0.2, 0.25) is 0 Å². The first-order chi connectivity index (χ1) is 12.5. The fourth-order valence-electron chi connectivity index (χ4n) is 4.90. The molecule has 0 spiro atoms. The number of carbonyl (C=O) groups excluding carboxylic acids is 1. The minimum absolute atomic E-state index is 0.0198. The van der Waals surface area contributed by atoms with Crippen LogP contribution in [0.15, 0.2) is 42.6 Å². The smallest absolute Gasteiger partial charge is 0.270 e. The minimum Gasteiger partial charge on any atom is -0.385 e. The first-order valence-electron chi connectivity index (χ1n) is 9.41. The Morgan fingerprint density at radius 3 is 2.65 bits per heavy atom. The monoisotopic (exact) mass is 372 g/mol. The molecule has 1 aromatic heterocycles. The Hall–Kier alpha value is -1.78. The van der Waals surface area contributed by atoms with Gasteiger partial charge >= 0.3 is 0 Å². The Kier molecular flexibility index (Phi) is 4.57. The van der Waals surface area contributed by atoms with Crippen molar-refractivity contribution in [1.29, 1.82) is 0 Å². The van der Waals surface area contributed by atoms with Crippen LogP contribution in [0.4, 0.5) is 0 Å². The first-order valence-corrected chi connectivity index (χ1v) is 9.79. The molecule has 0 bridgehead atoms. The Morgan fingerprint density at radius 1 is 1.23 bits per heavy atom. The van der Waals surface area contributed by atoms with Crippen LogP contribution in [0.3, 0.4) is 0 Å². The van der Waals surface area contributed by atoms with E-state index in [0.717, 1.165) is 31.2 Å². The molecule has 2 heterocycles. The molecule has 1 aromatic carbocycles. The summed E-state index contributed by atoms with van der Waals surface area (Å²) < 4.78 is 1.79. The molecule has 2 aromatic rings. The van der Waals surface area contributed by atoms with Crippen LogP contribution in [0.1, 0.15) is 48.2 Å². The van der Waals surface area contributed by atoms with Crippen molar-refractivity contribution >= 4 is 17.5 Å². The van der Waals surface area contributed by atoms with Gasteiger partial charge in [0.25, 0.3) is 5.91 Å². The second-order valence-electron chi connectivity index (χ2n) is 7.65. The maximum Gasteiger partial charge on any atom is 0.270 e. The van der Waals surface area contributed by atoms with E-state index in [0.29, 0.717) is 23.7 Å². The summed E-state index contributed by atoms with van der Waals surface area (Å²) in [6, 6.07) is 11.8. The number of amides is 1. The lowest BCUT2D eigenvalue weighted by atomic mass is 9.66. The fraction of sp³-hybridized carbons (Fsp3) is 0.476. The predicted octanol–water partition coefficient (Wildman–Crippen LogP) is 3.97. The van der Waals surface area contributed by atoms with E-state index in [1.54, 1.807) is 16.8 Å². The molecule has 2 aliphatic rings.